The predicted molar refractivity (Wildman–Crippen MR) is 79.2 cm³/mol. The summed E-state index contributed by atoms with van der Waals surface area (Å²) in [4.78, 5) is 15.9. The summed E-state index contributed by atoms with van der Waals surface area (Å²) in [5, 5.41) is 7.71. The molecule has 1 amide bonds. The van der Waals surface area contributed by atoms with Gasteiger partial charge in [-0.1, -0.05) is 6.07 Å². The minimum atomic E-state index is -3.85. The van der Waals surface area contributed by atoms with Crippen LogP contribution in [0.2, 0.25) is 0 Å². The quantitative estimate of drug-likeness (QED) is 0.775. The SMILES string of the molecule is Cc1c(NC(=O)c2ccc(N)cn2)cccc1S(N)(=O)=O. The van der Waals surface area contributed by atoms with Gasteiger partial charge in [-0.25, -0.2) is 18.5 Å². The van der Waals surface area contributed by atoms with E-state index >= 15 is 0 Å². The third kappa shape index (κ3) is 3.36. The molecule has 0 spiro atoms. The molecule has 0 saturated carbocycles. The molecule has 0 aliphatic carbocycles. The van der Waals surface area contributed by atoms with Crippen molar-refractivity contribution >= 4 is 27.3 Å². The number of hydrogen-bond acceptors (Lipinski definition) is 5. The molecular weight excluding hydrogens is 292 g/mol. The molecule has 0 radical (unpaired) electrons. The number of amides is 1. The van der Waals surface area contributed by atoms with Crippen LogP contribution in [0.4, 0.5) is 11.4 Å². The topological polar surface area (TPSA) is 128 Å². The first-order valence-corrected chi connectivity index (χ1v) is 7.49. The Kier molecular flexibility index (Phi) is 3.92. The van der Waals surface area contributed by atoms with E-state index in [2.05, 4.69) is 10.3 Å². The number of nitrogens with one attached hydrogen (secondary N) is 1. The fourth-order valence-corrected chi connectivity index (χ4v) is 2.59. The highest BCUT2D eigenvalue weighted by atomic mass is 32.2. The monoisotopic (exact) mass is 306 g/mol. The lowest BCUT2D eigenvalue weighted by molar-refractivity contribution is 0.102. The van der Waals surface area contributed by atoms with E-state index in [1.165, 1.54) is 24.4 Å². The van der Waals surface area contributed by atoms with E-state index in [1.807, 2.05) is 0 Å². The number of hydrogen-bond donors (Lipinski definition) is 3. The van der Waals surface area contributed by atoms with Crippen molar-refractivity contribution in [2.75, 3.05) is 11.1 Å². The number of nitrogens with two attached hydrogens (primary N) is 2. The van der Waals surface area contributed by atoms with Crippen molar-refractivity contribution < 1.29 is 13.2 Å². The Morgan fingerprint density at radius 2 is 1.95 bits per heavy atom. The van der Waals surface area contributed by atoms with Crippen molar-refractivity contribution in [3.05, 3.63) is 47.8 Å². The molecule has 110 valence electrons. The molecule has 0 aliphatic heterocycles. The number of carbonyl (C=O) groups excluding carboxylic acids is 1. The van der Waals surface area contributed by atoms with Gasteiger partial charge in [-0.15, -0.1) is 0 Å². The maximum absolute atomic E-state index is 12.0. The highest BCUT2D eigenvalue weighted by Crippen LogP contribution is 2.22. The lowest BCUT2D eigenvalue weighted by atomic mass is 10.2. The molecule has 8 heteroatoms. The Hall–Kier alpha value is -2.45. The fourth-order valence-electron chi connectivity index (χ4n) is 1.78. The lowest BCUT2D eigenvalue weighted by Crippen LogP contribution is -2.17. The maximum Gasteiger partial charge on any atom is 0.274 e. The zero-order valence-corrected chi connectivity index (χ0v) is 12.0. The zero-order chi connectivity index (χ0) is 15.6. The van der Waals surface area contributed by atoms with Crippen LogP contribution in [0.5, 0.6) is 0 Å². The van der Waals surface area contributed by atoms with Crippen LogP contribution in [-0.2, 0) is 10.0 Å². The van der Waals surface area contributed by atoms with Crippen molar-refractivity contribution in [1.29, 1.82) is 0 Å². The number of nitrogens with zero attached hydrogens (tertiary/aromatic N) is 1. The summed E-state index contributed by atoms with van der Waals surface area (Å²) in [7, 11) is -3.85. The molecule has 1 aromatic carbocycles. The first-order chi connectivity index (χ1) is 9.79. The summed E-state index contributed by atoms with van der Waals surface area (Å²) in [6.07, 6.45) is 1.36. The molecule has 21 heavy (non-hydrogen) atoms. The molecule has 2 rings (SSSR count). The summed E-state index contributed by atoms with van der Waals surface area (Å²) >= 11 is 0. The zero-order valence-electron chi connectivity index (χ0n) is 11.2. The largest absolute Gasteiger partial charge is 0.397 e. The van der Waals surface area contributed by atoms with Crippen LogP contribution >= 0.6 is 0 Å². The summed E-state index contributed by atoms with van der Waals surface area (Å²) in [5.74, 6) is -0.468. The van der Waals surface area contributed by atoms with E-state index < -0.39 is 15.9 Å². The van der Waals surface area contributed by atoms with Crippen molar-refractivity contribution in [2.45, 2.75) is 11.8 Å². The van der Waals surface area contributed by atoms with Gasteiger partial charge in [-0.05, 0) is 36.8 Å². The normalized spacial score (nSPS) is 11.1. The molecule has 2 aromatic rings. The van der Waals surface area contributed by atoms with Crippen LogP contribution < -0.4 is 16.2 Å². The third-order valence-corrected chi connectivity index (χ3v) is 3.91. The molecule has 0 atom stereocenters. The Bertz CT molecular complexity index is 786. The van der Waals surface area contributed by atoms with Gasteiger partial charge in [0.2, 0.25) is 10.0 Å². The smallest absolute Gasteiger partial charge is 0.274 e. The molecule has 0 unspecified atom stereocenters. The Labute approximate surface area is 122 Å². The summed E-state index contributed by atoms with van der Waals surface area (Å²) in [6.45, 7) is 1.56. The standard InChI is InChI=1S/C13H14N4O3S/c1-8-10(3-2-4-12(8)21(15,19)20)17-13(18)11-6-5-9(14)7-16-11/h2-7H,14H2,1H3,(H,17,18)(H2,15,19,20). The molecule has 1 aromatic heterocycles. The fraction of sp³-hybridized carbons (Fsp3) is 0.0769. The van der Waals surface area contributed by atoms with Gasteiger partial charge in [0, 0.05) is 5.69 Å². The second kappa shape index (κ2) is 5.51. The van der Waals surface area contributed by atoms with Crippen molar-refractivity contribution in [3.8, 4) is 0 Å². The van der Waals surface area contributed by atoms with Crippen LogP contribution in [0.1, 0.15) is 16.1 Å². The Morgan fingerprint density at radius 3 is 2.52 bits per heavy atom. The molecule has 5 N–H and O–H groups in total. The van der Waals surface area contributed by atoms with Crippen molar-refractivity contribution in [1.82, 2.24) is 4.98 Å². The third-order valence-electron chi connectivity index (χ3n) is 2.86. The number of nitrogen functional groups attached to an aromatic ring is 1. The lowest BCUT2D eigenvalue weighted by Gasteiger charge is -2.11. The van der Waals surface area contributed by atoms with Gasteiger partial charge in [0.05, 0.1) is 16.8 Å². The van der Waals surface area contributed by atoms with Gasteiger partial charge in [0.15, 0.2) is 0 Å². The van der Waals surface area contributed by atoms with E-state index in [0.717, 1.165) is 0 Å². The van der Waals surface area contributed by atoms with Crippen LogP contribution in [0, 0.1) is 6.92 Å². The van der Waals surface area contributed by atoms with Gasteiger partial charge in [0.1, 0.15) is 5.69 Å². The van der Waals surface area contributed by atoms with E-state index in [0.29, 0.717) is 16.9 Å². The van der Waals surface area contributed by atoms with E-state index in [4.69, 9.17) is 10.9 Å². The summed E-state index contributed by atoms with van der Waals surface area (Å²) in [5.41, 5.74) is 6.83. The number of anilines is 2. The molecular formula is C13H14N4O3S. The number of rotatable bonds is 3. The predicted octanol–water partition coefficient (Wildman–Crippen LogP) is 0.872. The van der Waals surface area contributed by atoms with Crippen LogP contribution in [0.3, 0.4) is 0 Å². The number of benzene rings is 1. The molecule has 0 saturated heterocycles. The van der Waals surface area contributed by atoms with E-state index in [1.54, 1.807) is 19.1 Å². The molecule has 7 nitrogen and oxygen atoms in total. The minimum absolute atomic E-state index is 0.0365. The van der Waals surface area contributed by atoms with Gasteiger partial charge < -0.3 is 11.1 Å². The summed E-state index contributed by atoms with van der Waals surface area (Å²) in [6, 6.07) is 7.48. The maximum atomic E-state index is 12.0. The van der Waals surface area contributed by atoms with E-state index in [-0.39, 0.29) is 10.6 Å². The number of primary sulfonamides is 1. The number of carbonyl (C=O) groups is 1. The van der Waals surface area contributed by atoms with Crippen LogP contribution in [0.15, 0.2) is 41.4 Å². The molecule has 0 aliphatic rings. The van der Waals surface area contributed by atoms with Gasteiger partial charge in [-0.3, -0.25) is 4.79 Å². The van der Waals surface area contributed by atoms with Gasteiger partial charge >= 0.3 is 0 Å². The molecule has 0 fully saturated rings. The van der Waals surface area contributed by atoms with Gasteiger partial charge in [0.25, 0.3) is 5.91 Å². The first-order valence-electron chi connectivity index (χ1n) is 5.94. The van der Waals surface area contributed by atoms with Crippen molar-refractivity contribution in [2.24, 2.45) is 5.14 Å². The van der Waals surface area contributed by atoms with Gasteiger partial charge in [-0.2, -0.15) is 0 Å². The first kappa shape index (κ1) is 14.9. The average Bonchev–Trinajstić information content (AvgIpc) is 2.40. The number of sulfonamides is 1. The highest BCUT2D eigenvalue weighted by molar-refractivity contribution is 7.89. The van der Waals surface area contributed by atoms with E-state index in [9.17, 15) is 13.2 Å². The van der Waals surface area contributed by atoms with Crippen molar-refractivity contribution in [3.63, 3.8) is 0 Å². The van der Waals surface area contributed by atoms with Crippen LogP contribution in [-0.4, -0.2) is 19.3 Å². The molecule has 0 bridgehead atoms. The Balaban J connectivity index is 2.32. The molecule has 1 heterocycles. The van der Waals surface area contributed by atoms with Crippen LogP contribution in [0.25, 0.3) is 0 Å². The second-order valence-corrected chi connectivity index (χ2v) is 5.93. The number of pyridine rings is 1. The summed E-state index contributed by atoms with van der Waals surface area (Å²) < 4.78 is 22.9. The highest BCUT2D eigenvalue weighted by Gasteiger charge is 2.16. The minimum Gasteiger partial charge on any atom is -0.397 e. The average molecular weight is 306 g/mol. The second-order valence-electron chi connectivity index (χ2n) is 4.40. The number of aromatic nitrogens is 1. The Morgan fingerprint density at radius 1 is 1.24 bits per heavy atom.